The van der Waals surface area contributed by atoms with Gasteiger partial charge in [-0.3, -0.25) is 0 Å². The van der Waals surface area contributed by atoms with Crippen molar-refractivity contribution in [1.29, 1.82) is 0 Å². The van der Waals surface area contributed by atoms with E-state index in [1.165, 1.54) is 5.56 Å². The van der Waals surface area contributed by atoms with Crippen molar-refractivity contribution in [2.45, 2.75) is 32.3 Å². The predicted molar refractivity (Wildman–Crippen MR) is 61.9 cm³/mol. The molecule has 0 radical (unpaired) electrons. The lowest BCUT2D eigenvalue weighted by molar-refractivity contribution is 0.0933. The number of aryl methyl sites for hydroxylation is 1. The van der Waals surface area contributed by atoms with E-state index in [1.54, 1.807) is 11.3 Å². The molecule has 0 aliphatic carbocycles. The van der Waals surface area contributed by atoms with E-state index in [2.05, 4.69) is 13.0 Å². The first-order valence-corrected chi connectivity index (χ1v) is 6.28. The normalized spacial score (nSPS) is 18.1. The molecule has 0 saturated carbocycles. The van der Waals surface area contributed by atoms with Crippen LogP contribution in [0, 0.1) is 0 Å². The SMILES string of the molecule is CCc1ccsc1C(O)C1=CCCCO1. The Morgan fingerprint density at radius 1 is 1.60 bits per heavy atom. The molecule has 2 rings (SSSR count). The van der Waals surface area contributed by atoms with Crippen molar-refractivity contribution in [2.75, 3.05) is 6.61 Å². The minimum absolute atomic E-state index is 0.555. The maximum absolute atomic E-state index is 10.2. The first kappa shape index (κ1) is 10.7. The van der Waals surface area contributed by atoms with Crippen molar-refractivity contribution in [3.05, 3.63) is 33.7 Å². The highest BCUT2D eigenvalue weighted by atomic mass is 32.1. The molecule has 0 spiro atoms. The minimum atomic E-state index is -0.555. The lowest BCUT2D eigenvalue weighted by Gasteiger charge is -2.19. The van der Waals surface area contributed by atoms with Gasteiger partial charge in [-0.25, -0.2) is 0 Å². The topological polar surface area (TPSA) is 29.5 Å². The van der Waals surface area contributed by atoms with Gasteiger partial charge in [0, 0.05) is 4.88 Å². The molecule has 3 heteroatoms. The summed E-state index contributed by atoms with van der Waals surface area (Å²) in [6.45, 7) is 2.84. The quantitative estimate of drug-likeness (QED) is 0.855. The van der Waals surface area contributed by atoms with E-state index < -0.39 is 6.10 Å². The molecule has 1 unspecified atom stereocenters. The summed E-state index contributed by atoms with van der Waals surface area (Å²) in [6, 6.07) is 2.08. The molecule has 1 aliphatic rings. The summed E-state index contributed by atoms with van der Waals surface area (Å²) in [7, 11) is 0. The fourth-order valence-electron chi connectivity index (χ4n) is 1.78. The van der Waals surface area contributed by atoms with Crippen LogP contribution < -0.4 is 0 Å². The molecule has 1 N–H and O–H groups in total. The van der Waals surface area contributed by atoms with Crippen LogP contribution in [-0.2, 0) is 11.2 Å². The zero-order valence-electron chi connectivity index (χ0n) is 8.90. The average molecular weight is 224 g/mol. The van der Waals surface area contributed by atoms with Crippen molar-refractivity contribution in [3.8, 4) is 0 Å². The lowest BCUT2D eigenvalue weighted by Crippen LogP contribution is -2.09. The van der Waals surface area contributed by atoms with Gasteiger partial charge in [-0.1, -0.05) is 6.92 Å². The molecule has 82 valence electrons. The summed E-state index contributed by atoms with van der Waals surface area (Å²) in [6.07, 6.45) is 4.48. The van der Waals surface area contributed by atoms with Gasteiger partial charge in [-0.2, -0.15) is 0 Å². The van der Waals surface area contributed by atoms with Crippen LogP contribution in [0.3, 0.4) is 0 Å². The van der Waals surface area contributed by atoms with E-state index in [0.29, 0.717) is 0 Å². The third-order valence-corrected chi connectivity index (χ3v) is 3.65. The standard InChI is InChI=1S/C12H16O2S/c1-2-9-6-8-15-12(9)11(13)10-5-3-4-7-14-10/h5-6,8,11,13H,2-4,7H2,1H3. The van der Waals surface area contributed by atoms with E-state index in [9.17, 15) is 5.11 Å². The van der Waals surface area contributed by atoms with Crippen molar-refractivity contribution < 1.29 is 9.84 Å². The summed E-state index contributed by atoms with van der Waals surface area (Å²) in [5, 5.41) is 12.2. The van der Waals surface area contributed by atoms with Crippen LogP contribution in [0.15, 0.2) is 23.3 Å². The summed E-state index contributed by atoms with van der Waals surface area (Å²) in [5.41, 5.74) is 1.22. The average Bonchev–Trinajstić information content (AvgIpc) is 2.77. The number of hydrogen-bond donors (Lipinski definition) is 1. The van der Waals surface area contributed by atoms with E-state index in [0.717, 1.165) is 36.5 Å². The molecule has 0 amide bonds. The summed E-state index contributed by atoms with van der Waals surface area (Å²) in [5.74, 6) is 0.735. The predicted octanol–water partition coefficient (Wildman–Crippen LogP) is 3.04. The lowest BCUT2D eigenvalue weighted by atomic mass is 10.1. The van der Waals surface area contributed by atoms with E-state index in [4.69, 9.17) is 4.74 Å². The second-order valence-electron chi connectivity index (χ2n) is 3.66. The Balaban J connectivity index is 2.19. The third-order valence-electron chi connectivity index (χ3n) is 2.64. The highest BCUT2D eigenvalue weighted by Gasteiger charge is 2.20. The van der Waals surface area contributed by atoms with Gasteiger partial charge in [0.1, 0.15) is 11.9 Å². The Labute approximate surface area is 94.2 Å². The van der Waals surface area contributed by atoms with Gasteiger partial charge in [0.2, 0.25) is 0 Å². The molecule has 1 aliphatic heterocycles. The monoisotopic (exact) mass is 224 g/mol. The highest BCUT2D eigenvalue weighted by molar-refractivity contribution is 7.10. The van der Waals surface area contributed by atoms with Gasteiger partial charge >= 0.3 is 0 Å². The van der Waals surface area contributed by atoms with Crippen molar-refractivity contribution >= 4 is 11.3 Å². The number of rotatable bonds is 3. The van der Waals surface area contributed by atoms with E-state index in [1.807, 2.05) is 11.5 Å². The fourth-order valence-corrected chi connectivity index (χ4v) is 2.76. The van der Waals surface area contributed by atoms with E-state index >= 15 is 0 Å². The molecule has 2 nitrogen and oxygen atoms in total. The molecule has 1 aromatic heterocycles. The molecular weight excluding hydrogens is 208 g/mol. The van der Waals surface area contributed by atoms with Crippen LogP contribution in [-0.4, -0.2) is 11.7 Å². The van der Waals surface area contributed by atoms with Gasteiger partial charge in [0.05, 0.1) is 6.61 Å². The largest absolute Gasteiger partial charge is 0.495 e. The van der Waals surface area contributed by atoms with Crippen LogP contribution in [0.1, 0.15) is 36.3 Å². The molecule has 0 bridgehead atoms. The molecule has 2 heterocycles. The number of allylic oxidation sites excluding steroid dienone is 1. The molecule has 1 atom stereocenters. The van der Waals surface area contributed by atoms with Gasteiger partial charge < -0.3 is 9.84 Å². The molecule has 1 aromatic rings. The van der Waals surface area contributed by atoms with Gasteiger partial charge in [0.25, 0.3) is 0 Å². The Morgan fingerprint density at radius 3 is 3.13 bits per heavy atom. The minimum Gasteiger partial charge on any atom is -0.495 e. The zero-order chi connectivity index (χ0) is 10.7. The van der Waals surface area contributed by atoms with Gasteiger partial charge in [0.15, 0.2) is 0 Å². The van der Waals surface area contributed by atoms with Crippen LogP contribution in [0.2, 0.25) is 0 Å². The summed E-state index contributed by atoms with van der Waals surface area (Å²) in [4.78, 5) is 1.03. The number of aliphatic hydroxyl groups excluding tert-OH is 1. The van der Waals surface area contributed by atoms with Crippen LogP contribution in [0.4, 0.5) is 0 Å². The van der Waals surface area contributed by atoms with Gasteiger partial charge in [-0.15, -0.1) is 11.3 Å². The van der Waals surface area contributed by atoms with Crippen LogP contribution in [0.5, 0.6) is 0 Å². The second kappa shape index (κ2) is 4.81. The summed E-state index contributed by atoms with van der Waals surface area (Å²) >= 11 is 1.61. The maximum Gasteiger partial charge on any atom is 0.145 e. The van der Waals surface area contributed by atoms with E-state index in [-0.39, 0.29) is 0 Å². The number of aliphatic hydroxyl groups is 1. The van der Waals surface area contributed by atoms with Crippen molar-refractivity contribution in [1.82, 2.24) is 0 Å². The first-order valence-electron chi connectivity index (χ1n) is 5.40. The number of ether oxygens (including phenoxy) is 1. The Morgan fingerprint density at radius 2 is 2.47 bits per heavy atom. The number of thiophene rings is 1. The Hall–Kier alpha value is -0.800. The number of hydrogen-bond acceptors (Lipinski definition) is 3. The van der Waals surface area contributed by atoms with Crippen molar-refractivity contribution in [2.24, 2.45) is 0 Å². The van der Waals surface area contributed by atoms with Gasteiger partial charge in [-0.05, 0) is 42.3 Å². The van der Waals surface area contributed by atoms with Crippen LogP contribution >= 0.6 is 11.3 Å². The Bertz CT molecular complexity index is 354. The molecular formula is C12H16O2S. The van der Waals surface area contributed by atoms with Crippen LogP contribution in [0.25, 0.3) is 0 Å². The Kier molecular flexibility index (Phi) is 3.44. The molecule has 15 heavy (non-hydrogen) atoms. The molecule has 0 fully saturated rings. The smallest absolute Gasteiger partial charge is 0.145 e. The zero-order valence-corrected chi connectivity index (χ0v) is 9.72. The second-order valence-corrected chi connectivity index (χ2v) is 4.61. The first-order chi connectivity index (χ1) is 7.33. The molecule has 0 aromatic carbocycles. The third kappa shape index (κ3) is 2.24. The highest BCUT2D eigenvalue weighted by Crippen LogP contribution is 2.32. The maximum atomic E-state index is 10.2. The summed E-state index contributed by atoms with van der Waals surface area (Å²) < 4.78 is 5.48. The fraction of sp³-hybridized carbons (Fsp3) is 0.500. The van der Waals surface area contributed by atoms with Crippen molar-refractivity contribution in [3.63, 3.8) is 0 Å². The molecule has 0 saturated heterocycles.